The minimum absolute atomic E-state index is 0.0225. The third-order valence-corrected chi connectivity index (χ3v) is 5.47. The molecule has 1 heterocycles. The summed E-state index contributed by atoms with van der Waals surface area (Å²) in [6.45, 7) is 3.07. The van der Waals surface area contributed by atoms with Crippen molar-refractivity contribution in [2.24, 2.45) is 5.92 Å². The fourth-order valence-corrected chi connectivity index (χ4v) is 3.94. The summed E-state index contributed by atoms with van der Waals surface area (Å²) in [6, 6.07) is 4.26. The van der Waals surface area contributed by atoms with Crippen LogP contribution in [0.4, 0.5) is 5.69 Å². The Morgan fingerprint density at radius 1 is 1.33 bits per heavy atom. The first-order chi connectivity index (χ1) is 9.78. The second-order valence-corrected chi connectivity index (χ2v) is 7.81. The lowest BCUT2D eigenvalue weighted by molar-refractivity contribution is 0.0697. The van der Waals surface area contributed by atoms with Gasteiger partial charge < -0.3 is 5.11 Å². The van der Waals surface area contributed by atoms with Crippen LogP contribution in [0.3, 0.4) is 0 Å². The molecule has 2 rings (SSSR count). The molecule has 116 valence electrons. The Bertz CT molecular complexity index is 640. The van der Waals surface area contributed by atoms with Crippen LogP contribution in [-0.2, 0) is 10.2 Å². The number of piperidine rings is 1. The Balaban J connectivity index is 2.18. The van der Waals surface area contributed by atoms with Gasteiger partial charge >= 0.3 is 16.2 Å². The molecular formula is C13H17BrN2O4S. The largest absolute Gasteiger partial charge is 0.478 e. The Kier molecular flexibility index (Phi) is 4.90. The van der Waals surface area contributed by atoms with E-state index in [-0.39, 0.29) is 11.3 Å². The molecule has 0 unspecified atom stereocenters. The number of carboxylic acids is 1. The van der Waals surface area contributed by atoms with Crippen LogP contribution in [0.1, 0.15) is 30.1 Å². The highest BCUT2D eigenvalue weighted by atomic mass is 79.9. The van der Waals surface area contributed by atoms with E-state index in [1.54, 1.807) is 0 Å². The molecule has 8 heteroatoms. The molecule has 1 aromatic rings. The molecule has 0 radical (unpaired) electrons. The first-order valence-corrected chi connectivity index (χ1v) is 8.83. The zero-order chi connectivity index (χ0) is 15.6. The number of nitrogens with zero attached hydrogens (tertiary/aromatic N) is 1. The minimum atomic E-state index is -3.65. The number of aromatic carboxylic acids is 1. The number of nitrogens with one attached hydrogen (secondary N) is 1. The van der Waals surface area contributed by atoms with E-state index in [1.165, 1.54) is 22.5 Å². The first-order valence-electron chi connectivity index (χ1n) is 6.60. The van der Waals surface area contributed by atoms with Gasteiger partial charge in [-0.25, -0.2) is 4.79 Å². The van der Waals surface area contributed by atoms with Gasteiger partial charge in [-0.15, -0.1) is 0 Å². The number of rotatable bonds is 4. The van der Waals surface area contributed by atoms with Crippen molar-refractivity contribution in [1.29, 1.82) is 0 Å². The predicted octanol–water partition coefficient (Wildman–Crippen LogP) is 2.54. The van der Waals surface area contributed by atoms with Crippen LogP contribution in [0.2, 0.25) is 0 Å². The van der Waals surface area contributed by atoms with Gasteiger partial charge in [0, 0.05) is 17.6 Å². The molecule has 0 bridgehead atoms. The standard InChI is InChI=1S/C13H17BrN2O4S/c1-9-2-4-16(5-3-9)21(19,20)15-12-7-10(13(17)18)6-11(14)8-12/h6-9,15H,2-5H2,1H3,(H,17,18). The molecule has 0 aliphatic carbocycles. The maximum Gasteiger partial charge on any atom is 0.335 e. The third kappa shape index (κ3) is 4.18. The van der Waals surface area contributed by atoms with Crippen molar-refractivity contribution in [2.75, 3.05) is 17.8 Å². The molecule has 6 nitrogen and oxygen atoms in total. The SMILES string of the molecule is CC1CCN(S(=O)(=O)Nc2cc(Br)cc(C(=O)O)c2)CC1. The second kappa shape index (κ2) is 6.33. The number of anilines is 1. The fourth-order valence-electron chi connectivity index (χ4n) is 2.21. The number of carbonyl (C=O) groups is 1. The highest BCUT2D eigenvalue weighted by Gasteiger charge is 2.26. The summed E-state index contributed by atoms with van der Waals surface area (Å²) in [4.78, 5) is 11.0. The van der Waals surface area contributed by atoms with E-state index in [9.17, 15) is 13.2 Å². The van der Waals surface area contributed by atoms with Gasteiger partial charge in [0.15, 0.2) is 0 Å². The maximum atomic E-state index is 12.3. The van der Waals surface area contributed by atoms with Crippen LogP contribution in [0.15, 0.2) is 22.7 Å². The summed E-state index contributed by atoms with van der Waals surface area (Å²) in [5.41, 5.74) is 0.259. The number of hydrogen-bond acceptors (Lipinski definition) is 3. The molecular weight excluding hydrogens is 360 g/mol. The number of carboxylic acid groups (broad SMARTS) is 1. The maximum absolute atomic E-state index is 12.3. The summed E-state index contributed by atoms with van der Waals surface area (Å²) < 4.78 is 29.0. The molecule has 0 amide bonds. The molecule has 1 fully saturated rings. The normalized spacial score (nSPS) is 17.6. The van der Waals surface area contributed by atoms with Crippen LogP contribution >= 0.6 is 15.9 Å². The monoisotopic (exact) mass is 376 g/mol. The summed E-state index contributed by atoms with van der Waals surface area (Å²) >= 11 is 3.18. The molecule has 2 N–H and O–H groups in total. The smallest absolute Gasteiger partial charge is 0.335 e. The molecule has 0 atom stereocenters. The molecule has 21 heavy (non-hydrogen) atoms. The summed E-state index contributed by atoms with van der Waals surface area (Å²) in [5.74, 6) is -0.579. The highest BCUT2D eigenvalue weighted by molar-refractivity contribution is 9.10. The molecule has 0 saturated carbocycles. The molecule has 1 saturated heterocycles. The van der Waals surface area contributed by atoms with Crippen LogP contribution in [0, 0.1) is 5.92 Å². The molecule has 0 aromatic heterocycles. The van der Waals surface area contributed by atoms with Gasteiger partial charge in [0.1, 0.15) is 0 Å². The molecule has 1 aromatic carbocycles. The minimum Gasteiger partial charge on any atom is -0.478 e. The summed E-state index contributed by atoms with van der Waals surface area (Å²) in [7, 11) is -3.65. The van der Waals surface area contributed by atoms with E-state index in [2.05, 4.69) is 27.6 Å². The average molecular weight is 377 g/mol. The van der Waals surface area contributed by atoms with Gasteiger partial charge in [0.2, 0.25) is 0 Å². The zero-order valence-corrected chi connectivity index (χ0v) is 13.9. The Labute approximate surface area is 132 Å². The van der Waals surface area contributed by atoms with E-state index < -0.39 is 16.2 Å². The second-order valence-electron chi connectivity index (χ2n) is 5.22. The number of halogens is 1. The van der Waals surface area contributed by atoms with Crippen LogP contribution in [0.25, 0.3) is 0 Å². The number of hydrogen-bond donors (Lipinski definition) is 2. The fraction of sp³-hybridized carbons (Fsp3) is 0.462. The van der Waals surface area contributed by atoms with Crippen molar-refractivity contribution in [3.63, 3.8) is 0 Å². The van der Waals surface area contributed by atoms with Gasteiger partial charge in [0.05, 0.1) is 11.3 Å². The van der Waals surface area contributed by atoms with Crippen molar-refractivity contribution in [3.05, 3.63) is 28.2 Å². The summed E-state index contributed by atoms with van der Waals surface area (Å²) in [6.07, 6.45) is 1.67. The van der Waals surface area contributed by atoms with Crippen LogP contribution in [0.5, 0.6) is 0 Å². The van der Waals surface area contributed by atoms with E-state index in [0.29, 0.717) is 23.5 Å². The van der Waals surface area contributed by atoms with Crippen molar-refractivity contribution in [3.8, 4) is 0 Å². The van der Waals surface area contributed by atoms with Gasteiger partial charge in [0.25, 0.3) is 0 Å². The van der Waals surface area contributed by atoms with Crippen LogP contribution in [-0.4, -0.2) is 36.9 Å². The predicted molar refractivity (Wildman–Crippen MR) is 83.6 cm³/mol. The van der Waals surface area contributed by atoms with Gasteiger partial charge in [-0.1, -0.05) is 22.9 Å². The van der Waals surface area contributed by atoms with Crippen molar-refractivity contribution in [1.82, 2.24) is 4.31 Å². The zero-order valence-electron chi connectivity index (χ0n) is 11.5. The van der Waals surface area contributed by atoms with Gasteiger partial charge in [-0.05, 0) is 37.0 Å². The molecule has 0 spiro atoms. The van der Waals surface area contributed by atoms with Gasteiger partial charge in [-0.3, -0.25) is 4.72 Å². The first kappa shape index (κ1) is 16.3. The van der Waals surface area contributed by atoms with Crippen LogP contribution < -0.4 is 4.72 Å². The Morgan fingerprint density at radius 2 is 1.95 bits per heavy atom. The summed E-state index contributed by atoms with van der Waals surface area (Å²) in [5, 5.41) is 9.00. The quantitative estimate of drug-likeness (QED) is 0.844. The topological polar surface area (TPSA) is 86.7 Å². The van der Waals surface area contributed by atoms with E-state index in [4.69, 9.17) is 5.11 Å². The average Bonchev–Trinajstić information content (AvgIpc) is 2.37. The molecule has 1 aliphatic heterocycles. The lowest BCUT2D eigenvalue weighted by Crippen LogP contribution is -2.41. The third-order valence-electron chi connectivity index (χ3n) is 3.47. The van der Waals surface area contributed by atoms with Crippen molar-refractivity contribution < 1.29 is 18.3 Å². The van der Waals surface area contributed by atoms with E-state index in [0.717, 1.165) is 12.8 Å². The Morgan fingerprint density at radius 3 is 2.52 bits per heavy atom. The lowest BCUT2D eigenvalue weighted by Gasteiger charge is -2.29. The van der Waals surface area contributed by atoms with Gasteiger partial charge in [-0.2, -0.15) is 12.7 Å². The molecule has 1 aliphatic rings. The van der Waals surface area contributed by atoms with Crippen molar-refractivity contribution >= 4 is 37.8 Å². The van der Waals surface area contributed by atoms with Crippen molar-refractivity contribution in [2.45, 2.75) is 19.8 Å². The highest BCUT2D eigenvalue weighted by Crippen LogP contribution is 2.23. The Hall–Kier alpha value is -1.12. The number of benzene rings is 1. The lowest BCUT2D eigenvalue weighted by atomic mass is 10.0. The van der Waals surface area contributed by atoms with E-state index >= 15 is 0 Å². The van der Waals surface area contributed by atoms with E-state index in [1.807, 2.05) is 0 Å².